The minimum Gasteiger partial charge on any atom is -0.297 e. The van der Waals surface area contributed by atoms with Crippen LogP contribution in [0.4, 0.5) is 0 Å². The number of hydrogen-bond donors (Lipinski definition) is 1. The number of halogens is 2. The minimum absolute atomic E-state index is 0.0388. The van der Waals surface area contributed by atoms with Crippen molar-refractivity contribution in [2.45, 2.75) is 0 Å². The van der Waals surface area contributed by atoms with Crippen molar-refractivity contribution >= 4 is 34.2 Å². The number of rotatable bonds is 1. The van der Waals surface area contributed by atoms with Gasteiger partial charge in [0, 0.05) is 9.64 Å². The molecule has 16 heavy (non-hydrogen) atoms. The van der Waals surface area contributed by atoms with Crippen molar-refractivity contribution in [3.63, 3.8) is 0 Å². The van der Waals surface area contributed by atoms with Crippen LogP contribution in [0.1, 0.15) is 0 Å². The molecule has 0 radical (unpaired) electrons. The zero-order chi connectivity index (χ0) is 11.7. The molecule has 1 heterocycles. The summed E-state index contributed by atoms with van der Waals surface area (Å²) in [4.78, 5) is 25.6. The van der Waals surface area contributed by atoms with Gasteiger partial charge in [0.15, 0.2) is 0 Å². The molecule has 0 fully saturated rings. The van der Waals surface area contributed by atoms with E-state index in [1.165, 1.54) is 6.07 Å². The molecule has 0 bridgehead atoms. The number of benzene rings is 1. The van der Waals surface area contributed by atoms with Crippen LogP contribution in [0.15, 0.2) is 39.9 Å². The van der Waals surface area contributed by atoms with Crippen LogP contribution in [0, 0.1) is 3.57 Å². The molecule has 0 amide bonds. The van der Waals surface area contributed by atoms with E-state index in [4.69, 9.17) is 11.6 Å². The van der Waals surface area contributed by atoms with Crippen LogP contribution in [0.5, 0.6) is 0 Å². The highest BCUT2D eigenvalue weighted by Crippen LogP contribution is 2.09. The Balaban J connectivity index is 2.75. The lowest BCUT2D eigenvalue weighted by atomic mass is 10.3. The van der Waals surface area contributed by atoms with Gasteiger partial charge < -0.3 is 0 Å². The summed E-state index contributed by atoms with van der Waals surface area (Å²) >= 11 is 7.68. The molecule has 0 aliphatic carbocycles. The molecule has 0 atom stereocenters. The molecule has 0 aliphatic heterocycles. The van der Waals surface area contributed by atoms with E-state index in [2.05, 4.69) is 27.6 Å². The molecule has 0 saturated heterocycles. The lowest BCUT2D eigenvalue weighted by molar-refractivity contribution is 0.875. The zero-order valence-corrected chi connectivity index (χ0v) is 10.8. The monoisotopic (exact) mass is 348 g/mol. The number of H-pyrrole nitrogens is 1. The third-order valence-electron chi connectivity index (χ3n) is 1.97. The van der Waals surface area contributed by atoms with Crippen LogP contribution in [-0.2, 0) is 0 Å². The maximum Gasteiger partial charge on any atom is 0.334 e. The first-order valence-corrected chi connectivity index (χ1v) is 5.81. The normalized spacial score (nSPS) is 10.4. The maximum absolute atomic E-state index is 11.6. The number of aromatic nitrogens is 2. The molecule has 0 spiro atoms. The Morgan fingerprint density at radius 1 is 1.25 bits per heavy atom. The Morgan fingerprint density at radius 3 is 2.62 bits per heavy atom. The molecule has 4 nitrogen and oxygen atoms in total. The van der Waals surface area contributed by atoms with Crippen molar-refractivity contribution in [3.05, 3.63) is 59.9 Å². The van der Waals surface area contributed by atoms with E-state index in [0.29, 0.717) is 5.69 Å². The minimum atomic E-state index is -0.542. The number of nitrogens with zero attached hydrogens (tertiary/aromatic N) is 1. The predicted molar refractivity (Wildman–Crippen MR) is 70.4 cm³/mol. The molecular formula is C10H6ClIN2O2. The van der Waals surface area contributed by atoms with Gasteiger partial charge in [0.05, 0.1) is 5.69 Å². The van der Waals surface area contributed by atoms with Gasteiger partial charge in [-0.15, -0.1) is 0 Å². The van der Waals surface area contributed by atoms with Gasteiger partial charge in [0.2, 0.25) is 0 Å². The highest BCUT2D eigenvalue weighted by molar-refractivity contribution is 14.1. The summed E-state index contributed by atoms with van der Waals surface area (Å²) < 4.78 is 1.98. The summed E-state index contributed by atoms with van der Waals surface area (Å²) in [6.45, 7) is 0. The first-order valence-electron chi connectivity index (χ1n) is 4.36. The first kappa shape index (κ1) is 11.4. The van der Waals surface area contributed by atoms with Crippen molar-refractivity contribution < 1.29 is 0 Å². The van der Waals surface area contributed by atoms with Crippen molar-refractivity contribution in [1.29, 1.82) is 0 Å². The smallest absolute Gasteiger partial charge is 0.297 e. The Morgan fingerprint density at radius 2 is 2.00 bits per heavy atom. The lowest BCUT2D eigenvalue weighted by Crippen LogP contribution is -2.32. The van der Waals surface area contributed by atoms with Gasteiger partial charge in [-0.2, -0.15) is 0 Å². The summed E-state index contributed by atoms with van der Waals surface area (Å²) in [6, 6.07) is 8.25. The third kappa shape index (κ3) is 2.19. The van der Waals surface area contributed by atoms with Crippen molar-refractivity contribution in [3.8, 4) is 5.69 Å². The van der Waals surface area contributed by atoms with E-state index in [1.54, 1.807) is 18.2 Å². The molecule has 0 saturated carbocycles. The van der Waals surface area contributed by atoms with Gasteiger partial charge in [0.1, 0.15) is 5.15 Å². The SMILES string of the molecule is O=c1cc(Cl)[nH]c(=O)n1-c1cccc(I)c1. The molecule has 1 N–H and O–H groups in total. The molecule has 6 heteroatoms. The van der Waals surface area contributed by atoms with Gasteiger partial charge in [0.25, 0.3) is 5.56 Å². The predicted octanol–water partition coefficient (Wildman–Crippen LogP) is 1.78. The molecule has 2 rings (SSSR count). The number of hydrogen-bond acceptors (Lipinski definition) is 2. The van der Waals surface area contributed by atoms with E-state index in [-0.39, 0.29) is 5.15 Å². The zero-order valence-electron chi connectivity index (χ0n) is 7.91. The summed E-state index contributed by atoms with van der Waals surface area (Å²) in [5, 5.41) is 0.0388. The summed E-state index contributed by atoms with van der Waals surface area (Å²) in [7, 11) is 0. The van der Waals surface area contributed by atoms with E-state index >= 15 is 0 Å². The Kier molecular flexibility index (Phi) is 3.15. The lowest BCUT2D eigenvalue weighted by Gasteiger charge is -2.04. The first-order chi connectivity index (χ1) is 7.58. The molecule has 2 aromatic rings. The van der Waals surface area contributed by atoms with Crippen LogP contribution < -0.4 is 11.2 Å². The molecule has 0 aliphatic rings. The van der Waals surface area contributed by atoms with Crippen molar-refractivity contribution in [1.82, 2.24) is 9.55 Å². The van der Waals surface area contributed by atoms with Crippen LogP contribution in [-0.4, -0.2) is 9.55 Å². The third-order valence-corrected chi connectivity index (χ3v) is 2.84. The van der Waals surface area contributed by atoms with Gasteiger partial charge >= 0.3 is 5.69 Å². The molecule has 0 unspecified atom stereocenters. The van der Waals surface area contributed by atoms with Crippen molar-refractivity contribution in [2.75, 3.05) is 0 Å². The van der Waals surface area contributed by atoms with Gasteiger partial charge in [-0.25, -0.2) is 9.36 Å². The topological polar surface area (TPSA) is 54.9 Å². The second-order valence-electron chi connectivity index (χ2n) is 3.08. The Hall–Kier alpha value is -1.08. The van der Waals surface area contributed by atoms with Gasteiger partial charge in [-0.3, -0.25) is 9.78 Å². The molecule has 82 valence electrons. The maximum atomic E-state index is 11.6. The van der Waals surface area contributed by atoms with Gasteiger partial charge in [-0.05, 0) is 40.8 Å². The van der Waals surface area contributed by atoms with Crippen LogP contribution in [0.25, 0.3) is 5.69 Å². The average Bonchev–Trinajstić information content (AvgIpc) is 2.15. The molecule has 1 aromatic heterocycles. The number of aromatic amines is 1. The summed E-state index contributed by atoms with van der Waals surface area (Å²) in [5.74, 6) is 0. The highest BCUT2D eigenvalue weighted by atomic mass is 127. The second-order valence-corrected chi connectivity index (χ2v) is 4.73. The van der Waals surface area contributed by atoms with E-state index < -0.39 is 11.2 Å². The molecular weight excluding hydrogens is 342 g/mol. The van der Waals surface area contributed by atoms with Gasteiger partial charge in [-0.1, -0.05) is 17.7 Å². The fourth-order valence-corrected chi connectivity index (χ4v) is 2.03. The number of nitrogens with one attached hydrogen (secondary N) is 1. The van der Waals surface area contributed by atoms with E-state index in [0.717, 1.165) is 8.14 Å². The largest absolute Gasteiger partial charge is 0.334 e. The molecule has 1 aromatic carbocycles. The average molecular weight is 349 g/mol. The second kappa shape index (κ2) is 4.42. The van der Waals surface area contributed by atoms with Crippen LogP contribution in [0.2, 0.25) is 5.15 Å². The Labute approximate surface area is 109 Å². The standard InChI is InChI=1S/C10H6ClIN2O2/c11-8-5-9(15)14(10(16)13-8)7-3-1-2-6(12)4-7/h1-5H,(H,13,16). The summed E-state index contributed by atoms with van der Waals surface area (Å²) in [6.07, 6.45) is 0. The summed E-state index contributed by atoms with van der Waals surface area (Å²) in [5.41, 5.74) is -0.468. The van der Waals surface area contributed by atoms with Crippen molar-refractivity contribution in [2.24, 2.45) is 0 Å². The van der Waals surface area contributed by atoms with Crippen LogP contribution in [0.3, 0.4) is 0 Å². The van der Waals surface area contributed by atoms with Crippen LogP contribution >= 0.6 is 34.2 Å². The fraction of sp³-hybridized carbons (Fsp3) is 0. The van der Waals surface area contributed by atoms with E-state index in [1.807, 2.05) is 6.07 Å². The highest BCUT2D eigenvalue weighted by Gasteiger charge is 2.05. The van der Waals surface area contributed by atoms with E-state index in [9.17, 15) is 9.59 Å². The quantitative estimate of drug-likeness (QED) is 0.631. The fourth-order valence-electron chi connectivity index (χ4n) is 1.33. The Bertz CT molecular complexity index is 617.